The molecule has 4 nitrogen and oxygen atoms in total. The van der Waals surface area contributed by atoms with Crippen LogP contribution in [0.4, 0.5) is 4.39 Å². The Morgan fingerprint density at radius 3 is 2.86 bits per heavy atom. The van der Waals surface area contributed by atoms with Crippen molar-refractivity contribution < 1.29 is 13.9 Å². The minimum atomic E-state index is -0.644. The van der Waals surface area contributed by atoms with Crippen LogP contribution in [0.25, 0.3) is 0 Å². The number of ether oxygens (including phenoxy) is 1. The number of carbonyl (C=O) groups excluding carboxylic acids is 1. The summed E-state index contributed by atoms with van der Waals surface area (Å²) in [6, 6.07) is 4.61. The highest BCUT2D eigenvalue weighted by Gasteiger charge is 2.12. The summed E-state index contributed by atoms with van der Waals surface area (Å²) in [5, 5.41) is 3.31. The summed E-state index contributed by atoms with van der Waals surface area (Å²) in [6.45, 7) is 4.79. The quantitative estimate of drug-likeness (QED) is 0.640. The molecule has 2 rings (SSSR count). The van der Waals surface area contributed by atoms with Crippen LogP contribution in [0.1, 0.15) is 15.9 Å². The van der Waals surface area contributed by atoms with Gasteiger partial charge in [0.1, 0.15) is 5.82 Å². The molecule has 0 aromatic heterocycles. The van der Waals surface area contributed by atoms with Crippen molar-refractivity contribution in [2.75, 3.05) is 44.8 Å². The van der Waals surface area contributed by atoms with Crippen LogP contribution < -0.4 is 5.32 Å². The monoisotopic (exact) mass is 312 g/mol. The minimum absolute atomic E-state index is 0.0212. The Hall–Kier alpha value is -1.11. The van der Waals surface area contributed by atoms with Gasteiger partial charge in [0.15, 0.2) is 0 Å². The van der Waals surface area contributed by atoms with Gasteiger partial charge in [0.05, 0.1) is 12.7 Å². The Morgan fingerprint density at radius 2 is 2.19 bits per heavy atom. The lowest BCUT2D eigenvalue weighted by Gasteiger charge is -2.26. The SMILES string of the molecule is COC(=O)c1ccc(CNCCN2CCSCC2)cc1F. The van der Waals surface area contributed by atoms with Gasteiger partial charge in [0.2, 0.25) is 0 Å². The summed E-state index contributed by atoms with van der Waals surface area (Å²) in [7, 11) is 1.25. The maximum atomic E-state index is 13.7. The van der Waals surface area contributed by atoms with Crippen LogP contribution in [0.5, 0.6) is 0 Å². The molecule has 0 radical (unpaired) electrons. The summed E-state index contributed by atoms with van der Waals surface area (Å²) < 4.78 is 18.3. The molecule has 0 aliphatic carbocycles. The molecule has 0 saturated carbocycles. The highest BCUT2D eigenvalue weighted by molar-refractivity contribution is 7.99. The van der Waals surface area contributed by atoms with Gasteiger partial charge in [-0.1, -0.05) is 6.07 Å². The lowest BCUT2D eigenvalue weighted by Crippen LogP contribution is -2.37. The first-order valence-corrected chi connectivity index (χ1v) is 8.23. The zero-order chi connectivity index (χ0) is 15.1. The maximum absolute atomic E-state index is 13.7. The number of nitrogens with zero attached hydrogens (tertiary/aromatic N) is 1. The fourth-order valence-electron chi connectivity index (χ4n) is 2.24. The molecular weight excluding hydrogens is 291 g/mol. The number of thioether (sulfide) groups is 1. The van der Waals surface area contributed by atoms with E-state index < -0.39 is 11.8 Å². The number of benzene rings is 1. The lowest BCUT2D eigenvalue weighted by atomic mass is 10.1. The normalized spacial score (nSPS) is 15.9. The molecule has 1 aliphatic heterocycles. The summed E-state index contributed by atoms with van der Waals surface area (Å²) >= 11 is 2.00. The van der Waals surface area contributed by atoms with Crippen molar-refractivity contribution in [1.29, 1.82) is 0 Å². The topological polar surface area (TPSA) is 41.6 Å². The summed E-state index contributed by atoms with van der Waals surface area (Å²) in [6.07, 6.45) is 0. The van der Waals surface area contributed by atoms with Gasteiger partial charge in [-0.3, -0.25) is 0 Å². The van der Waals surface area contributed by atoms with Crippen molar-refractivity contribution in [3.05, 3.63) is 35.1 Å². The first-order chi connectivity index (χ1) is 10.2. The second-order valence-electron chi connectivity index (χ2n) is 4.94. The number of hydrogen-bond acceptors (Lipinski definition) is 5. The molecular formula is C15H21FN2O2S. The molecule has 1 heterocycles. The van der Waals surface area contributed by atoms with Crippen LogP contribution in [0, 0.1) is 5.82 Å². The molecule has 1 fully saturated rings. The van der Waals surface area contributed by atoms with E-state index in [0.717, 1.165) is 31.7 Å². The average molecular weight is 312 g/mol. The van der Waals surface area contributed by atoms with E-state index in [-0.39, 0.29) is 5.56 Å². The molecule has 6 heteroatoms. The van der Waals surface area contributed by atoms with E-state index in [9.17, 15) is 9.18 Å². The van der Waals surface area contributed by atoms with Gasteiger partial charge in [0, 0.05) is 44.2 Å². The number of methoxy groups -OCH3 is 1. The van der Waals surface area contributed by atoms with Crippen LogP contribution in [0.3, 0.4) is 0 Å². The number of halogens is 1. The molecule has 0 amide bonds. The van der Waals surface area contributed by atoms with Crippen LogP contribution in [0.2, 0.25) is 0 Å². The first kappa shape index (κ1) is 16.3. The molecule has 0 bridgehead atoms. The second kappa shape index (κ2) is 8.36. The Morgan fingerprint density at radius 1 is 1.43 bits per heavy atom. The zero-order valence-electron chi connectivity index (χ0n) is 12.2. The molecule has 1 aliphatic rings. The number of hydrogen-bond donors (Lipinski definition) is 1. The fourth-order valence-corrected chi connectivity index (χ4v) is 3.22. The van der Waals surface area contributed by atoms with Crippen molar-refractivity contribution in [3.63, 3.8) is 0 Å². The van der Waals surface area contributed by atoms with E-state index >= 15 is 0 Å². The summed E-state index contributed by atoms with van der Waals surface area (Å²) in [5.74, 6) is 1.24. The van der Waals surface area contributed by atoms with Gasteiger partial charge in [0.25, 0.3) is 0 Å². The maximum Gasteiger partial charge on any atom is 0.340 e. The Kier molecular flexibility index (Phi) is 6.48. The molecule has 0 spiro atoms. The van der Waals surface area contributed by atoms with Crippen molar-refractivity contribution in [3.8, 4) is 0 Å². The number of esters is 1. The van der Waals surface area contributed by atoms with E-state index in [1.807, 2.05) is 11.8 Å². The van der Waals surface area contributed by atoms with Crippen molar-refractivity contribution in [2.45, 2.75) is 6.54 Å². The van der Waals surface area contributed by atoms with Gasteiger partial charge >= 0.3 is 5.97 Å². The molecule has 1 aromatic rings. The summed E-state index contributed by atoms with van der Waals surface area (Å²) in [4.78, 5) is 13.7. The lowest BCUT2D eigenvalue weighted by molar-refractivity contribution is 0.0595. The van der Waals surface area contributed by atoms with Crippen molar-refractivity contribution in [1.82, 2.24) is 10.2 Å². The van der Waals surface area contributed by atoms with E-state index in [2.05, 4.69) is 15.0 Å². The Labute approximate surface area is 129 Å². The van der Waals surface area contributed by atoms with Gasteiger partial charge in [-0.2, -0.15) is 11.8 Å². The van der Waals surface area contributed by atoms with E-state index in [0.29, 0.717) is 6.54 Å². The molecule has 1 saturated heterocycles. The minimum Gasteiger partial charge on any atom is -0.465 e. The third kappa shape index (κ3) is 4.98. The fraction of sp³-hybridized carbons (Fsp3) is 0.533. The van der Waals surface area contributed by atoms with E-state index in [1.54, 1.807) is 6.07 Å². The third-order valence-electron chi connectivity index (χ3n) is 3.48. The second-order valence-corrected chi connectivity index (χ2v) is 6.16. The summed E-state index contributed by atoms with van der Waals surface area (Å²) in [5.41, 5.74) is 0.807. The van der Waals surface area contributed by atoms with Crippen molar-refractivity contribution >= 4 is 17.7 Å². The Balaban J connectivity index is 1.75. The predicted molar refractivity (Wildman–Crippen MR) is 83.2 cm³/mol. The molecule has 1 N–H and O–H groups in total. The smallest absolute Gasteiger partial charge is 0.340 e. The largest absolute Gasteiger partial charge is 0.465 e. The number of carbonyl (C=O) groups is 1. The first-order valence-electron chi connectivity index (χ1n) is 7.08. The third-order valence-corrected chi connectivity index (χ3v) is 4.42. The van der Waals surface area contributed by atoms with Crippen LogP contribution >= 0.6 is 11.8 Å². The van der Waals surface area contributed by atoms with Crippen LogP contribution in [0.15, 0.2) is 18.2 Å². The molecule has 0 unspecified atom stereocenters. The average Bonchev–Trinajstić information content (AvgIpc) is 2.52. The Bertz CT molecular complexity index is 479. The molecule has 0 atom stereocenters. The van der Waals surface area contributed by atoms with E-state index in [4.69, 9.17) is 0 Å². The zero-order valence-corrected chi connectivity index (χ0v) is 13.0. The highest BCUT2D eigenvalue weighted by Crippen LogP contribution is 2.12. The number of nitrogens with one attached hydrogen (secondary N) is 1. The standard InChI is InChI=1S/C15H21FN2O2S/c1-20-15(19)13-3-2-12(10-14(13)16)11-17-4-5-18-6-8-21-9-7-18/h2-3,10,17H,4-9,11H2,1H3. The molecule has 21 heavy (non-hydrogen) atoms. The molecule has 1 aromatic carbocycles. The number of rotatable bonds is 6. The van der Waals surface area contributed by atoms with Gasteiger partial charge < -0.3 is 15.0 Å². The molecule has 116 valence electrons. The predicted octanol–water partition coefficient (Wildman–Crippen LogP) is 1.75. The van der Waals surface area contributed by atoms with Crippen LogP contribution in [-0.4, -0.2) is 55.7 Å². The van der Waals surface area contributed by atoms with E-state index in [1.165, 1.54) is 30.7 Å². The van der Waals surface area contributed by atoms with Gasteiger partial charge in [-0.05, 0) is 17.7 Å². The van der Waals surface area contributed by atoms with Gasteiger partial charge in [-0.25, -0.2) is 9.18 Å². The van der Waals surface area contributed by atoms with Crippen molar-refractivity contribution in [2.24, 2.45) is 0 Å². The van der Waals surface area contributed by atoms with Crippen LogP contribution in [-0.2, 0) is 11.3 Å². The highest BCUT2D eigenvalue weighted by atomic mass is 32.2. The van der Waals surface area contributed by atoms with Gasteiger partial charge in [-0.15, -0.1) is 0 Å².